The SMILES string of the molecule is Cc1cccc2[nH]cc(CCNC(=O)NCC(O)CC(C)C)c12. The van der Waals surface area contributed by atoms with Crippen molar-refractivity contribution in [3.8, 4) is 0 Å². The maximum Gasteiger partial charge on any atom is 0.314 e. The monoisotopic (exact) mass is 317 g/mol. The second-order valence-corrected chi connectivity index (χ2v) is 6.48. The van der Waals surface area contributed by atoms with Crippen molar-refractivity contribution < 1.29 is 9.90 Å². The summed E-state index contributed by atoms with van der Waals surface area (Å²) in [6.07, 6.45) is 2.97. The van der Waals surface area contributed by atoms with Gasteiger partial charge in [0.15, 0.2) is 0 Å². The first-order chi connectivity index (χ1) is 11.0. The number of aliphatic hydroxyl groups excluding tert-OH is 1. The molecule has 0 aliphatic rings. The predicted molar refractivity (Wildman–Crippen MR) is 93.6 cm³/mol. The van der Waals surface area contributed by atoms with E-state index in [-0.39, 0.29) is 12.6 Å². The molecular weight excluding hydrogens is 290 g/mol. The van der Waals surface area contributed by atoms with E-state index in [1.54, 1.807) is 0 Å². The lowest BCUT2D eigenvalue weighted by Gasteiger charge is -2.14. The van der Waals surface area contributed by atoms with Gasteiger partial charge in [0.05, 0.1) is 6.10 Å². The normalized spacial score (nSPS) is 12.6. The van der Waals surface area contributed by atoms with Crippen molar-refractivity contribution in [1.29, 1.82) is 0 Å². The number of aliphatic hydroxyl groups is 1. The van der Waals surface area contributed by atoms with E-state index in [1.807, 2.05) is 26.1 Å². The number of fused-ring (bicyclic) bond motifs is 1. The highest BCUT2D eigenvalue weighted by molar-refractivity contribution is 5.86. The fourth-order valence-electron chi connectivity index (χ4n) is 2.86. The summed E-state index contributed by atoms with van der Waals surface area (Å²) in [6, 6.07) is 5.95. The minimum absolute atomic E-state index is 0.232. The first kappa shape index (κ1) is 17.3. The Balaban J connectivity index is 1.77. The van der Waals surface area contributed by atoms with Gasteiger partial charge in [-0.25, -0.2) is 4.79 Å². The van der Waals surface area contributed by atoms with Crippen molar-refractivity contribution in [2.75, 3.05) is 13.1 Å². The molecule has 0 fully saturated rings. The van der Waals surface area contributed by atoms with Gasteiger partial charge in [0.25, 0.3) is 0 Å². The highest BCUT2D eigenvalue weighted by Gasteiger charge is 2.09. The summed E-state index contributed by atoms with van der Waals surface area (Å²) in [4.78, 5) is 15.0. The summed E-state index contributed by atoms with van der Waals surface area (Å²) in [6.45, 7) is 7.04. The molecule has 0 spiro atoms. The minimum atomic E-state index is -0.489. The van der Waals surface area contributed by atoms with Crippen molar-refractivity contribution in [2.45, 2.75) is 39.7 Å². The lowest BCUT2D eigenvalue weighted by Crippen LogP contribution is -2.40. The summed E-state index contributed by atoms with van der Waals surface area (Å²) < 4.78 is 0. The second-order valence-electron chi connectivity index (χ2n) is 6.48. The number of H-pyrrole nitrogens is 1. The van der Waals surface area contributed by atoms with E-state index in [0.29, 0.717) is 18.9 Å². The molecule has 126 valence electrons. The number of aromatic nitrogens is 1. The zero-order valence-electron chi connectivity index (χ0n) is 14.1. The third kappa shape index (κ3) is 4.99. The van der Waals surface area contributed by atoms with Crippen molar-refractivity contribution >= 4 is 16.9 Å². The zero-order chi connectivity index (χ0) is 16.8. The highest BCUT2D eigenvalue weighted by Crippen LogP contribution is 2.22. The van der Waals surface area contributed by atoms with E-state index in [4.69, 9.17) is 0 Å². The molecule has 0 aliphatic heterocycles. The smallest absolute Gasteiger partial charge is 0.314 e. The molecule has 2 aromatic rings. The minimum Gasteiger partial charge on any atom is -0.391 e. The number of aryl methyl sites for hydroxylation is 1. The average Bonchev–Trinajstić information content (AvgIpc) is 2.89. The maximum atomic E-state index is 11.8. The summed E-state index contributed by atoms with van der Waals surface area (Å²) >= 11 is 0. The summed E-state index contributed by atoms with van der Waals surface area (Å²) in [5.41, 5.74) is 3.57. The number of benzene rings is 1. The number of aromatic amines is 1. The molecule has 1 aromatic heterocycles. The third-order valence-corrected chi connectivity index (χ3v) is 3.92. The lowest BCUT2D eigenvalue weighted by atomic mass is 10.1. The van der Waals surface area contributed by atoms with Gasteiger partial charge in [0.2, 0.25) is 0 Å². The van der Waals surface area contributed by atoms with Gasteiger partial charge in [-0.3, -0.25) is 0 Å². The van der Waals surface area contributed by atoms with Crippen molar-refractivity contribution in [3.05, 3.63) is 35.5 Å². The zero-order valence-corrected chi connectivity index (χ0v) is 14.1. The van der Waals surface area contributed by atoms with Crippen molar-refractivity contribution in [3.63, 3.8) is 0 Å². The van der Waals surface area contributed by atoms with Gasteiger partial charge in [-0.1, -0.05) is 26.0 Å². The molecule has 2 amide bonds. The number of hydrogen-bond acceptors (Lipinski definition) is 2. The molecule has 0 saturated heterocycles. The van der Waals surface area contributed by atoms with Crippen LogP contribution in [0.5, 0.6) is 0 Å². The van der Waals surface area contributed by atoms with Gasteiger partial charge in [0.1, 0.15) is 0 Å². The van der Waals surface area contributed by atoms with Crippen LogP contribution in [0.2, 0.25) is 0 Å². The molecule has 0 bridgehead atoms. The van der Waals surface area contributed by atoms with E-state index in [0.717, 1.165) is 11.9 Å². The Kier molecular flexibility index (Phi) is 6.04. The molecule has 1 heterocycles. The Morgan fingerprint density at radius 2 is 2.09 bits per heavy atom. The lowest BCUT2D eigenvalue weighted by molar-refractivity contribution is 0.147. The maximum absolute atomic E-state index is 11.8. The van der Waals surface area contributed by atoms with Gasteiger partial charge < -0.3 is 20.7 Å². The number of amides is 2. The number of rotatable bonds is 7. The topological polar surface area (TPSA) is 77.2 Å². The predicted octanol–water partition coefficient (Wildman–Crippen LogP) is 2.73. The number of hydrogen-bond donors (Lipinski definition) is 4. The fourth-order valence-corrected chi connectivity index (χ4v) is 2.86. The van der Waals surface area contributed by atoms with E-state index in [2.05, 4.69) is 34.7 Å². The first-order valence-corrected chi connectivity index (χ1v) is 8.22. The number of urea groups is 1. The molecule has 5 heteroatoms. The molecule has 0 saturated carbocycles. The Hall–Kier alpha value is -2.01. The fraction of sp³-hybridized carbons (Fsp3) is 0.500. The summed E-state index contributed by atoms with van der Waals surface area (Å²) in [5.74, 6) is 0.417. The summed E-state index contributed by atoms with van der Waals surface area (Å²) in [7, 11) is 0. The van der Waals surface area contributed by atoms with Crippen LogP contribution in [0.3, 0.4) is 0 Å². The molecule has 5 nitrogen and oxygen atoms in total. The Labute approximate surface area is 137 Å². The summed E-state index contributed by atoms with van der Waals surface area (Å²) in [5, 5.41) is 16.5. The van der Waals surface area contributed by atoms with Crippen molar-refractivity contribution in [2.24, 2.45) is 5.92 Å². The average molecular weight is 317 g/mol. The Morgan fingerprint density at radius 3 is 2.83 bits per heavy atom. The number of carbonyl (C=O) groups excluding carboxylic acids is 1. The van der Waals surface area contributed by atoms with Crippen LogP contribution < -0.4 is 10.6 Å². The molecule has 1 aromatic carbocycles. The van der Waals surface area contributed by atoms with E-state index in [9.17, 15) is 9.90 Å². The van der Waals surface area contributed by atoms with Crippen LogP contribution in [-0.2, 0) is 6.42 Å². The van der Waals surface area contributed by atoms with E-state index in [1.165, 1.54) is 16.5 Å². The van der Waals surface area contributed by atoms with Crippen LogP contribution in [0, 0.1) is 12.8 Å². The third-order valence-electron chi connectivity index (χ3n) is 3.92. The molecular formula is C18H27N3O2. The van der Waals surface area contributed by atoms with E-state index >= 15 is 0 Å². The Morgan fingerprint density at radius 1 is 1.30 bits per heavy atom. The van der Waals surface area contributed by atoms with Gasteiger partial charge in [-0.05, 0) is 42.9 Å². The molecule has 1 unspecified atom stereocenters. The molecule has 0 aliphatic carbocycles. The standard InChI is InChI=1S/C18H27N3O2/c1-12(2)9-15(22)11-21-18(23)19-8-7-14-10-20-16-6-4-5-13(3)17(14)16/h4-6,10,12,15,20,22H,7-9,11H2,1-3H3,(H2,19,21,23). The van der Waals surface area contributed by atoms with E-state index < -0.39 is 6.10 Å². The molecule has 0 radical (unpaired) electrons. The van der Waals surface area contributed by atoms with Crippen LogP contribution in [0.15, 0.2) is 24.4 Å². The van der Waals surface area contributed by atoms with Gasteiger partial charge in [-0.15, -0.1) is 0 Å². The number of carbonyl (C=O) groups is 1. The van der Waals surface area contributed by atoms with Crippen LogP contribution in [0.25, 0.3) is 10.9 Å². The quantitative estimate of drug-likeness (QED) is 0.634. The molecule has 1 atom stereocenters. The van der Waals surface area contributed by atoms with Gasteiger partial charge >= 0.3 is 6.03 Å². The molecule has 4 N–H and O–H groups in total. The molecule has 2 rings (SSSR count). The van der Waals surface area contributed by atoms with Crippen molar-refractivity contribution in [1.82, 2.24) is 15.6 Å². The van der Waals surface area contributed by atoms with Gasteiger partial charge in [-0.2, -0.15) is 0 Å². The van der Waals surface area contributed by atoms with Crippen LogP contribution in [-0.4, -0.2) is 35.3 Å². The Bertz CT molecular complexity index is 649. The number of nitrogens with one attached hydrogen (secondary N) is 3. The van der Waals surface area contributed by atoms with Gasteiger partial charge in [0, 0.05) is 30.2 Å². The van der Waals surface area contributed by atoms with Crippen LogP contribution in [0.1, 0.15) is 31.4 Å². The van der Waals surface area contributed by atoms with Crippen LogP contribution in [0.4, 0.5) is 4.79 Å². The second kappa shape index (κ2) is 8.02. The largest absolute Gasteiger partial charge is 0.391 e. The van der Waals surface area contributed by atoms with Crippen LogP contribution >= 0.6 is 0 Å². The first-order valence-electron chi connectivity index (χ1n) is 8.22. The highest BCUT2D eigenvalue weighted by atomic mass is 16.3. The molecule has 23 heavy (non-hydrogen) atoms.